The molecular formula is C11H23NO. The highest BCUT2D eigenvalue weighted by Crippen LogP contribution is 2.30. The van der Waals surface area contributed by atoms with Gasteiger partial charge in [0.1, 0.15) is 5.78 Å². The van der Waals surface area contributed by atoms with Crippen LogP contribution >= 0.6 is 0 Å². The Morgan fingerprint density at radius 3 is 2.00 bits per heavy atom. The van der Waals surface area contributed by atoms with Crippen molar-refractivity contribution in [3.8, 4) is 0 Å². The van der Waals surface area contributed by atoms with Gasteiger partial charge in [0, 0.05) is 17.4 Å². The van der Waals surface area contributed by atoms with E-state index in [1.54, 1.807) is 0 Å². The van der Waals surface area contributed by atoms with E-state index in [0.717, 1.165) is 12.8 Å². The van der Waals surface area contributed by atoms with Gasteiger partial charge in [0.05, 0.1) is 0 Å². The first kappa shape index (κ1) is 12.6. The number of carbonyl (C=O) groups is 1. The zero-order chi connectivity index (χ0) is 10.7. The number of ketones is 1. The summed E-state index contributed by atoms with van der Waals surface area (Å²) in [5.41, 5.74) is 5.12. The molecule has 0 saturated heterocycles. The fourth-order valence-electron chi connectivity index (χ4n) is 1.01. The van der Waals surface area contributed by atoms with E-state index in [1.807, 2.05) is 27.7 Å². The summed E-state index contributed by atoms with van der Waals surface area (Å²) in [6.45, 7) is 9.79. The molecule has 0 aromatic carbocycles. The van der Waals surface area contributed by atoms with E-state index in [9.17, 15) is 4.79 Å². The van der Waals surface area contributed by atoms with Gasteiger partial charge in [-0.2, -0.15) is 0 Å². The molecule has 0 bridgehead atoms. The van der Waals surface area contributed by atoms with E-state index < -0.39 is 11.0 Å². The van der Waals surface area contributed by atoms with Gasteiger partial charge in [-0.25, -0.2) is 0 Å². The van der Waals surface area contributed by atoms with Crippen molar-refractivity contribution in [1.29, 1.82) is 0 Å². The molecule has 0 fully saturated rings. The normalized spacial score (nSPS) is 13.1. The number of rotatable bonds is 5. The summed E-state index contributed by atoms with van der Waals surface area (Å²) >= 11 is 0. The van der Waals surface area contributed by atoms with Crippen molar-refractivity contribution >= 4 is 5.78 Å². The SMILES string of the molecule is CCCCC(=O)C(C)(C)C(C)(C)N. The van der Waals surface area contributed by atoms with Gasteiger partial charge in [-0.3, -0.25) is 4.79 Å². The van der Waals surface area contributed by atoms with Gasteiger partial charge in [-0.05, 0) is 20.3 Å². The van der Waals surface area contributed by atoms with Crippen molar-refractivity contribution in [3.05, 3.63) is 0 Å². The predicted molar refractivity (Wildman–Crippen MR) is 56.6 cm³/mol. The van der Waals surface area contributed by atoms with Gasteiger partial charge >= 0.3 is 0 Å². The van der Waals surface area contributed by atoms with Crippen LogP contribution in [0.3, 0.4) is 0 Å². The van der Waals surface area contributed by atoms with Crippen molar-refractivity contribution in [2.75, 3.05) is 0 Å². The number of carbonyl (C=O) groups excluding carboxylic acids is 1. The monoisotopic (exact) mass is 185 g/mol. The standard InChI is InChI=1S/C11H23NO/c1-6-7-8-9(13)10(2,3)11(4,5)12/h6-8,12H2,1-5H3. The van der Waals surface area contributed by atoms with Gasteiger partial charge in [0.2, 0.25) is 0 Å². The third-order valence-electron chi connectivity index (χ3n) is 3.07. The van der Waals surface area contributed by atoms with Crippen LogP contribution in [-0.2, 0) is 4.79 Å². The quantitative estimate of drug-likeness (QED) is 0.715. The second kappa shape index (κ2) is 4.23. The van der Waals surface area contributed by atoms with Gasteiger partial charge in [-0.1, -0.05) is 27.2 Å². The molecule has 0 saturated carbocycles. The van der Waals surface area contributed by atoms with E-state index in [2.05, 4.69) is 6.92 Å². The zero-order valence-electron chi connectivity index (χ0n) is 9.61. The molecule has 78 valence electrons. The first-order valence-electron chi connectivity index (χ1n) is 5.05. The summed E-state index contributed by atoms with van der Waals surface area (Å²) in [4.78, 5) is 11.8. The maximum absolute atomic E-state index is 11.8. The largest absolute Gasteiger partial charge is 0.325 e. The number of Topliss-reactive ketones (excluding diaryl/α,β-unsaturated/α-hetero) is 1. The average molecular weight is 185 g/mol. The third-order valence-corrected chi connectivity index (χ3v) is 3.07. The molecule has 0 aliphatic rings. The third kappa shape index (κ3) is 3.11. The smallest absolute Gasteiger partial charge is 0.140 e. The lowest BCUT2D eigenvalue weighted by molar-refractivity contribution is -0.130. The number of nitrogens with two attached hydrogens (primary N) is 1. The van der Waals surface area contributed by atoms with Crippen LogP contribution in [-0.4, -0.2) is 11.3 Å². The minimum Gasteiger partial charge on any atom is -0.325 e. The van der Waals surface area contributed by atoms with Crippen LogP contribution in [0, 0.1) is 5.41 Å². The lowest BCUT2D eigenvalue weighted by atomic mass is 9.71. The molecule has 13 heavy (non-hydrogen) atoms. The maximum Gasteiger partial charge on any atom is 0.140 e. The molecule has 0 rings (SSSR count). The van der Waals surface area contributed by atoms with Crippen molar-refractivity contribution in [3.63, 3.8) is 0 Å². The molecule has 0 heterocycles. The Hall–Kier alpha value is -0.370. The summed E-state index contributed by atoms with van der Waals surface area (Å²) in [7, 11) is 0. The van der Waals surface area contributed by atoms with Gasteiger partial charge in [0.25, 0.3) is 0 Å². The van der Waals surface area contributed by atoms with Gasteiger partial charge in [-0.15, -0.1) is 0 Å². The minimum absolute atomic E-state index is 0.279. The van der Waals surface area contributed by atoms with E-state index in [-0.39, 0.29) is 5.78 Å². The predicted octanol–water partition coefficient (Wildman–Crippen LogP) is 2.51. The summed E-state index contributed by atoms with van der Waals surface area (Å²) in [6.07, 6.45) is 2.69. The molecule has 0 aliphatic carbocycles. The topological polar surface area (TPSA) is 43.1 Å². The van der Waals surface area contributed by atoms with Crippen molar-refractivity contribution in [1.82, 2.24) is 0 Å². The Morgan fingerprint density at radius 2 is 1.69 bits per heavy atom. The minimum atomic E-state index is -0.433. The van der Waals surface area contributed by atoms with Crippen LogP contribution in [0.25, 0.3) is 0 Å². The lowest BCUT2D eigenvalue weighted by Gasteiger charge is -2.37. The summed E-state index contributed by atoms with van der Waals surface area (Å²) in [5, 5.41) is 0. The molecule has 0 atom stereocenters. The molecule has 0 aromatic rings. The van der Waals surface area contributed by atoms with Crippen molar-refractivity contribution in [2.24, 2.45) is 11.1 Å². The van der Waals surface area contributed by atoms with E-state index >= 15 is 0 Å². The van der Waals surface area contributed by atoms with Crippen LogP contribution in [0.15, 0.2) is 0 Å². The molecule has 0 aliphatic heterocycles. The molecule has 2 nitrogen and oxygen atoms in total. The van der Waals surface area contributed by atoms with E-state index in [4.69, 9.17) is 5.73 Å². The summed E-state index contributed by atoms with van der Waals surface area (Å²) in [6, 6.07) is 0. The lowest BCUT2D eigenvalue weighted by Crippen LogP contribution is -2.51. The van der Waals surface area contributed by atoms with Crippen LogP contribution in [0.4, 0.5) is 0 Å². The Labute approximate surface area is 81.9 Å². The molecule has 0 aromatic heterocycles. The van der Waals surface area contributed by atoms with Crippen molar-refractivity contribution < 1.29 is 4.79 Å². The van der Waals surface area contributed by atoms with Crippen LogP contribution < -0.4 is 5.73 Å². The molecule has 2 N–H and O–H groups in total. The molecular weight excluding hydrogens is 162 g/mol. The molecule has 0 radical (unpaired) electrons. The van der Waals surface area contributed by atoms with Crippen molar-refractivity contribution in [2.45, 2.75) is 59.4 Å². The first-order valence-corrected chi connectivity index (χ1v) is 5.05. The average Bonchev–Trinajstić information content (AvgIpc) is 1.97. The van der Waals surface area contributed by atoms with Crippen LogP contribution in [0.2, 0.25) is 0 Å². The molecule has 0 amide bonds. The van der Waals surface area contributed by atoms with Gasteiger partial charge < -0.3 is 5.73 Å². The number of hydrogen-bond acceptors (Lipinski definition) is 2. The fraction of sp³-hybridized carbons (Fsp3) is 0.909. The second-order valence-corrected chi connectivity index (χ2v) is 4.87. The Bertz CT molecular complexity index is 177. The Kier molecular flexibility index (Phi) is 4.11. The highest BCUT2D eigenvalue weighted by atomic mass is 16.1. The maximum atomic E-state index is 11.8. The number of hydrogen-bond donors (Lipinski definition) is 1. The highest BCUT2D eigenvalue weighted by molar-refractivity contribution is 5.85. The molecule has 2 heteroatoms. The Morgan fingerprint density at radius 1 is 1.23 bits per heavy atom. The number of unbranched alkanes of at least 4 members (excludes halogenated alkanes) is 1. The second-order valence-electron chi connectivity index (χ2n) is 4.87. The Balaban J connectivity index is 4.37. The zero-order valence-corrected chi connectivity index (χ0v) is 9.61. The molecule has 0 spiro atoms. The fourth-order valence-corrected chi connectivity index (χ4v) is 1.01. The van der Waals surface area contributed by atoms with Gasteiger partial charge in [0.15, 0.2) is 0 Å². The van der Waals surface area contributed by atoms with E-state index in [0.29, 0.717) is 6.42 Å². The highest BCUT2D eigenvalue weighted by Gasteiger charge is 2.39. The molecule has 0 unspecified atom stereocenters. The summed E-state index contributed by atoms with van der Waals surface area (Å²) < 4.78 is 0. The first-order chi connectivity index (χ1) is 5.73. The summed E-state index contributed by atoms with van der Waals surface area (Å²) in [5.74, 6) is 0.279. The van der Waals surface area contributed by atoms with Crippen LogP contribution in [0.1, 0.15) is 53.9 Å². The van der Waals surface area contributed by atoms with Crippen LogP contribution in [0.5, 0.6) is 0 Å². The van der Waals surface area contributed by atoms with E-state index in [1.165, 1.54) is 0 Å².